The van der Waals surface area contributed by atoms with E-state index in [0.29, 0.717) is 32.7 Å². The Morgan fingerprint density at radius 1 is 1.23 bits per heavy atom. The first-order valence-electron chi connectivity index (χ1n) is 9.52. The lowest BCUT2D eigenvalue weighted by molar-refractivity contribution is -0.113. The number of halogens is 1. The van der Waals surface area contributed by atoms with E-state index in [-0.39, 0.29) is 23.0 Å². The topological polar surface area (TPSA) is 76.9 Å². The number of carbonyl (C=O) groups is 1. The highest BCUT2D eigenvalue weighted by Crippen LogP contribution is 2.29. The number of hydrogen-bond donors (Lipinski definition) is 1. The first-order valence-corrected chi connectivity index (χ1v) is 12.2. The summed E-state index contributed by atoms with van der Waals surface area (Å²) >= 11 is 4.02. The van der Waals surface area contributed by atoms with Crippen LogP contribution in [0, 0.1) is 19.7 Å². The maximum atomic E-state index is 13.1. The van der Waals surface area contributed by atoms with Crippen LogP contribution in [0.25, 0.3) is 21.5 Å². The van der Waals surface area contributed by atoms with E-state index in [9.17, 15) is 14.0 Å². The van der Waals surface area contributed by atoms with E-state index in [0.717, 1.165) is 16.0 Å². The minimum Gasteiger partial charge on any atom is -0.301 e. The number of thioether (sulfide) groups is 1. The van der Waals surface area contributed by atoms with Crippen molar-refractivity contribution in [3.8, 4) is 11.3 Å². The Labute approximate surface area is 190 Å². The summed E-state index contributed by atoms with van der Waals surface area (Å²) in [4.78, 5) is 36.2. The molecular formula is C21H19FN4O2S3. The van der Waals surface area contributed by atoms with Crippen LogP contribution in [0.1, 0.15) is 17.4 Å². The number of fused-ring (bicyclic) bond motifs is 1. The molecule has 31 heavy (non-hydrogen) atoms. The van der Waals surface area contributed by atoms with Crippen LogP contribution in [0.3, 0.4) is 0 Å². The molecule has 0 saturated carbocycles. The van der Waals surface area contributed by atoms with Gasteiger partial charge in [-0.3, -0.25) is 14.2 Å². The minimum absolute atomic E-state index is 0.0684. The Bertz CT molecular complexity index is 1330. The molecule has 0 fully saturated rings. The molecule has 1 amide bonds. The first-order chi connectivity index (χ1) is 14.9. The van der Waals surface area contributed by atoms with Crippen LogP contribution in [0.15, 0.2) is 39.6 Å². The number of nitrogens with zero attached hydrogens (tertiary/aromatic N) is 3. The van der Waals surface area contributed by atoms with Crippen molar-refractivity contribution < 1.29 is 9.18 Å². The lowest BCUT2D eigenvalue weighted by Crippen LogP contribution is -2.23. The molecule has 0 aliphatic carbocycles. The summed E-state index contributed by atoms with van der Waals surface area (Å²) in [5, 5.41) is 6.24. The number of anilines is 1. The molecule has 6 nitrogen and oxygen atoms in total. The van der Waals surface area contributed by atoms with E-state index in [1.54, 1.807) is 16.7 Å². The second-order valence-electron chi connectivity index (χ2n) is 6.79. The summed E-state index contributed by atoms with van der Waals surface area (Å²) < 4.78 is 14.7. The molecule has 4 aromatic rings. The molecule has 0 radical (unpaired) electrons. The third-order valence-electron chi connectivity index (χ3n) is 4.79. The molecule has 160 valence electrons. The van der Waals surface area contributed by atoms with Gasteiger partial charge < -0.3 is 5.32 Å². The van der Waals surface area contributed by atoms with Gasteiger partial charge in [0.1, 0.15) is 10.6 Å². The van der Waals surface area contributed by atoms with Gasteiger partial charge in [-0.05, 0) is 50.6 Å². The van der Waals surface area contributed by atoms with Gasteiger partial charge in [0.2, 0.25) is 5.91 Å². The SMILES string of the molecule is CCn1c(SCC(=O)Nc2nc(-c3ccc(F)cc3)cs2)nc2sc(C)c(C)c2c1=O. The monoisotopic (exact) mass is 474 g/mol. The van der Waals surface area contributed by atoms with E-state index >= 15 is 0 Å². The van der Waals surface area contributed by atoms with Gasteiger partial charge >= 0.3 is 0 Å². The van der Waals surface area contributed by atoms with E-state index < -0.39 is 0 Å². The Balaban J connectivity index is 1.47. The van der Waals surface area contributed by atoms with Crippen molar-refractivity contribution in [3.63, 3.8) is 0 Å². The number of thiophene rings is 1. The van der Waals surface area contributed by atoms with Gasteiger partial charge in [0.25, 0.3) is 5.56 Å². The molecule has 0 bridgehead atoms. The molecule has 10 heteroatoms. The second kappa shape index (κ2) is 8.89. The number of nitrogens with one attached hydrogen (secondary N) is 1. The van der Waals surface area contributed by atoms with Gasteiger partial charge in [0.15, 0.2) is 10.3 Å². The summed E-state index contributed by atoms with van der Waals surface area (Å²) in [5.74, 6) is -0.442. The summed E-state index contributed by atoms with van der Waals surface area (Å²) in [6.07, 6.45) is 0. The lowest BCUT2D eigenvalue weighted by Gasteiger charge is -2.09. The first kappa shape index (κ1) is 21.7. The number of benzene rings is 1. The van der Waals surface area contributed by atoms with Gasteiger partial charge in [0, 0.05) is 22.4 Å². The minimum atomic E-state index is -0.310. The summed E-state index contributed by atoms with van der Waals surface area (Å²) in [5.41, 5.74) is 2.35. The fourth-order valence-corrected chi connectivity index (χ4v) is 5.74. The number of amides is 1. The van der Waals surface area contributed by atoms with E-state index in [1.165, 1.54) is 46.6 Å². The fourth-order valence-electron chi connectivity index (χ4n) is 3.07. The van der Waals surface area contributed by atoms with E-state index in [2.05, 4.69) is 15.3 Å². The molecule has 4 rings (SSSR count). The van der Waals surface area contributed by atoms with Crippen molar-refractivity contribution in [2.45, 2.75) is 32.5 Å². The maximum absolute atomic E-state index is 13.1. The van der Waals surface area contributed by atoms with Crippen molar-refractivity contribution in [2.75, 3.05) is 11.1 Å². The molecule has 0 aliphatic rings. The Hall–Kier alpha value is -2.56. The van der Waals surface area contributed by atoms with Crippen molar-refractivity contribution in [2.24, 2.45) is 0 Å². The largest absolute Gasteiger partial charge is 0.301 e. The Morgan fingerprint density at radius 3 is 2.68 bits per heavy atom. The highest BCUT2D eigenvalue weighted by atomic mass is 32.2. The second-order valence-corrected chi connectivity index (χ2v) is 9.79. The molecular weight excluding hydrogens is 455 g/mol. The third-order valence-corrected chi connectivity index (χ3v) is 7.63. The van der Waals surface area contributed by atoms with Gasteiger partial charge in [-0.1, -0.05) is 11.8 Å². The van der Waals surface area contributed by atoms with Crippen molar-refractivity contribution >= 4 is 55.7 Å². The zero-order chi connectivity index (χ0) is 22.1. The zero-order valence-corrected chi connectivity index (χ0v) is 19.5. The van der Waals surface area contributed by atoms with E-state index in [4.69, 9.17) is 0 Å². The van der Waals surface area contributed by atoms with Gasteiger partial charge in [-0.15, -0.1) is 22.7 Å². The van der Waals surface area contributed by atoms with Crippen LogP contribution in [0.2, 0.25) is 0 Å². The third kappa shape index (κ3) is 4.41. The van der Waals surface area contributed by atoms with Crippen LogP contribution in [0.4, 0.5) is 9.52 Å². The zero-order valence-electron chi connectivity index (χ0n) is 17.1. The van der Waals surface area contributed by atoms with Gasteiger partial charge in [0.05, 0.1) is 16.8 Å². The number of rotatable bonds is 6. The van der Waals surface area contributed by atoms with Crippen molar-refractivity contribution in [1.29, 1.82) is 0 Å². The van der Waals surface area contributed by atoms with Crippen LogP contribution in [-0.4, -0.2) is 26.2 Å². The molecule has 1 N–H and O–H groups in total. The summed E-state index contributed by atoms with van der Waals surface area (Å²) in [6.45, 7) is 6.28. The average Bonchev–Trinajstić information content (AvgIpc) is 3.31. The van der Waals surface area contributed by atoms with Crippen molar-refractivity contribution in [3.05, 3.63) is 56.3 Å². The van der Waals surface area contributed by atoms with Gasteiger partial charge in [-0.25, -0.2) is 14.4 Å². The summed E-state index contributed by atoms with van der Waals surface area (Å²) in [6, 6.07) is 6.03. The fraction of sp³-hybridized carbons (Fsp3) is 0.238. The molecule has 3 heterocycles. The molecule has 0 atom stereocenters. The normalized spacial score (nSPS) is 11.2. The Morgan fingerprint density at radius 2 is 1.97 bits per heavy atom. The van der Waals surface area contributed by atoms with Crippen molar-refractivity contribution in [1.82, 2.24) is 14.5 Å². The van der Waals surface area contributed by atoms with Crippen LogP contribution < -0.4 is 10.9 Å². The number of aryl methyl sites for hydroxylation is 2. The number of aromatic nitrogens is 3. The molecule has 3 aromatic heterocycles. The number of thiazole rings is 1. The van der Waals surface area contributed by atoms with Crippen LogP contribution in [-0.2, 0) is 11.3 Å². The molecule has 0 spiro atoms. The van der Waals surface area contributed by atoms with Gasteiger partial charge in [-0.2, -0.15) is 0 Å². The van der Waals surface area contributed by atoms with Crippen LogP contribution >= 0.6 is 34.4 Å². The highest BCUT2D eigenvalue weighted by Gasteiger charge is 2.17. The van der Waals surface area contributed by atoms with E-state index in [1.807, 2.05) is 26.2 Å². The predicted octanol–water partition coefficient (Wildman–Crippen LogP) is 5.09. The average molecular weight is 475 g/mol. The molecule has 0 unspecified atom stereocenters. The lowest BCUT2D eigenvalue weighted by atomic mass is 10.2. The molecule has 0 saturated heterocycles. The van der Waals surface area contributed by atoms with Crippen LogP contribution in [0.5, 0.6) is 0 Å². The highest BCUT2D eigenvalue weighted by molar-refractivity contribution is 7.99. The maximum Gasteiger partial charge on any atom is 0.263 e. The number of carbonyl (C=O) groups excluding carboxylic acids is 1. The number of hydrogen-bond acceptors (Lipinski definition) is 7. The predicted molar refractivity (Wildman–Crippen MR) is 126 cm³/mol. The summed E-state index contributed by atoms with van der Waals surface area (Å²) in [7, 11) is 0. The standard InChI is InChI=1S/C21H19FN4O2S3/c1-4-26-19(28)17-11(2)12(3)31-18(17)25-21(26)30-10-16(27)24-20-23-15(9-29-20)13-5-7-14(22)8-6-13/h5-9H,4,10H2,1-3H3,(H,23,24,27). The Kier molecular flexibility index (Phi) is 6.22. The molecule has 0 aliphatic heterocycles. The smallest absolute Gasteiger partial charge is 0.263 e. The molecule has 1 aromatic carbocycles. The quantitative estimate of drug-likeness (QED) is 0.311.